The maximum atomic E-state index is 12.4. The minimum atomic E-state index is -0.508. The number of carbonyl (C=O) groups excluding carboxylic acids is 3. The van der Waals surface area contributed by atoms with Crippen molar-refractivity contribution < 1.29 is 19.5 Å². The van der Waals surface area contributed by atoms with Gasteiger partial charge in [-0.25, -0.2) is 4.98 Å². The number of benzene rings is 1. The maximum Gasteiger partial charge on any atom is 0.262 e. The van der Waals surface area contributed by atoms with Crippen LogP contribution in [0.2, 0.25) is 0 Å². The summed E-state index contributed by atoms with van der Waals surface area (Å²) in [5, 5.41) is 15.2. The number of aromatic nitrogens is 1. The molecule has 2 aromatic rings. The Morgan fingerprint density at radius 3 is 2.58 bits per heavy atom. The molecule has 0 radical (unpaired) electrons. The Bertz CT molecular complexity index is 1030. The molecule has 0 spiro atoms. The SMILES string of the molecule is O=C(C[C@H]1SC(N2CCCC2)=NC1=O)Nc1ccc(C(=O)Nc2ncccc2O)cc1. The van der Waals surface area contributed by atoms with E-state index in [-0.39, 0.29) is 29.8 Å². The van der Waals surface area contributed by atoms with E-state index in [2.05, 4.69) is 25.5 Å². The fourth-order valence-electron chi connectivity index (χ4n) is 3.31. The van der Waals surface area contributed by atoms with E-state index < -0.39 is 11.2 Å². The number of aromatic hydroxyl groups is 1. The Labute approximate surface area is 183 Å². The van der Waals surface area contributed by atoms with E-state index in [0.29, 0.717) is 11.3 Å². The molecule has 3 amide bonds. The summed E-state index contributed by atoms with van der Waals surface area (Å²) in [5.41, 5.74) is 0.853. The summed E-state index contributed by atoms with van der Waals surface area (Å²) >= 11 is 1.35. The Kier molecular flexibility index (Phi) is 6.17. The molecule has 0 aliphatic carbocycles. The number of carbonyl (C=O) groups is 3. The standard InChI is InChI=1S/C21H21N5O4S/c27-15-4-3-9-22-18(15)24-19(29)13-5-7-14(8-6-13)23-17(28)12-16-20(30)25-21(31-16)26-10-1-2-11-26/h3-9,16,27H,1-2,10-12H2,(H,23,28)(H,22,24,29)/t16-/m1/s1. The smallest absolute Gasteiger partial charge is 0.262 e. The highest BCUT2D eigenvalue weighted by Crippen LogP contribution is 2.29. The summed E-state index contributed by atoms with van der Waals surface area (Å²) in [5.74, 6) is -1.06. The molecule has 9 nitrogen and oxygen atoms in total. The first kappa shape index (κ1) is 20.9. The maximum absolute atomic E-state index is 12.4. The highest BCUT2D eigenvalue weighted by atomic mass is 32.2. The number of anilines is 2. The van der Waals surface area contributed by atoms with Gasteiger partial charge in [0, 0.05) is 37.0 Å². The lowest BCUT2D eigenvalue weighted by Crippen LogP contribution is -2.25. The summed E-state index contributed by atoms with van der Waals surface area (Å²) in [6.07, 6.45) is 3.68. The molecule has 2 aliphatic heterocycles. The summed E-state index contributed by atoms with van der Waals surface area (Å²) < 4.78 is 0. The summed E-state index contributed by atoms with van der Waals surface area (Å²) in [6, 6.07) is 9.28. The largest absolute Gasteiger partial charge is 0.504 e. The monoisotopic (exact) mass is 439 g/mol. The number of nitrogens with zero attached hydrogens (tertiary/aromatic N) is 3. The summed E-state index contributed by atoms with van der Waals surface area (Å²) in [4.78, 5) is 46.9. The van der Waals surface area contributed by atoms with Gasteiger partial charge >= 0.3 is 0 Å². The molecule has 3 heterocycles. The van der Waals surface area contributed by atoms with Crippen molar-refractivity contribution in [2.75, 3.05) is 23.7 Å². The minimum Gasteiger partial charge on any atom is -0.504 e. The molecule has 1 fully saturated rings. The zero-order valence-corrected chi connectivity index (χ0v) is 17.4. The molecule has 0 saturated carbocycles. The predicted octanol–water partition coefficient (Wildman–Crippen LogP) is 2.46. The van der Waals surface area contributed by atoms with Crippen molar-refractivity contribution in [3.05, 3.63) is 48.2 Å². The lowest BCUT2D eigenvalue weighted by molar-refractivity contribution is -0.121. The number of amidine groups is 1. The molecule has 0 unspecified atom stereocenters. The van der Waals surface area contributed by atoms with E-state index in [0.717, 1.165) is 31.1 Å². The number of nitrogens with one attached hydrogen (secondary N) is 2. The van der Waals surface area contributed by atoms with E-state index in [4.69, 9.17) is 0 Å². The van der Waals surface area contributed by atoms with Crippen LogP contribution in [0.25, 0.3) is 0 Å². The van der Waals surface area contributed by atoms with Crippen LogP contribution < -0.4 is 10.6 Å². The fourth-order valence-corrected chi connectivity index (χ4v) is 4.43. The van der Waals surface area contributed by atoms with Crippen molar-refractivity contribution in [3.8, 4) is 5.75 Å². The minimum absolute atomic E-state index is 0.0333. The van der Waals surface area contributed by atoms with Crippen molar-refractivity contribution in [1.29, 1.82) is 0 Å². The fraction of sp³-hybridized carbons (Fsp3) is 0.286. The quantitative estimate of drug-likeness (QED) is 0.654. The van der Waals surface area contributed by atoms with Crippen molar-refractivity contribution in [2.45, 2.75) is 24.5 Å². The van der Waals surface area contributed by atoms with Gasteiger partial charge in [0.15, 0.2) is 16.7 Å². The van der Waals surface area contributed by atoms with Crippen molar-refractivity contribution in [1.82, 2.24) is 9.88 Å². The van der Waals surface area contributed by atoms with Crippen LogP contribution in [0.5, 0.6) is 5.75 Å². The number of aliphatic imine (C=N–C) groups is 1. The van der Waals surface area contributed by atoms with Gasteiger partial charge in [0.05, 0.1) is 0 Å². The summed E-state index contributed by atoms with van der Waals surface area (Å²) in [7, 11) is 0. The lowest BCUT2D eigenvalue weighted by Gasteiger charge is -2.16. The number of hydrogen-bond donors (Lipinski definition) is 3. The van der Waals surface area contributed by atoms with E-state index in [9.17, 15) is 19.5 Å². The number of likely N-dealkylation sites (tertiary alicyclic amines) is 1. The van der Waals surface area contributed by atoms with E-state index in [1.807, 2.05) is 0 Å². The number of thioether (sulfide) groups is 1. The summed E-state index contributed by atoms with van der Waals surface area (Å²) in [6.45, 7) is 1.80. The molecule has 31 heavy (non-hydrogen) atoms. The van der Waals surface area contributed by atoms with Gasteiger partial charge in [0.1, 0.15) is 5.25 Å². The second-order valence-corrected chi connectivity index (χ2v) is 8.36. The third kappa shape index (κ3) is 5.02. The molecule has 1 saturated heterocycles. The predicted molar refractivity (Wildman–Crippen MR) is 118 cm³/mol. The average Bonchev–Trinajstić information content (AvgIpc) is 3.40. The Morgan fingerprint density at radius 2 is 1.87 bits per heavy atom. The number of rotatable bonds is 5. The van der Waals surface area contributed by atoms with Crippen LogP contribution in [0.4, 0.5) is 11.5 Å². The van der Waals surface area contributed by atoms with Crippen LogP contribution in [0.15, 0.2) is 47.6 Å². The van der Waals surface area contributed by atoms with Crippen molar-refractivity contribution >= 4 is 46.2 Å². The van der Waals surface area contributed by atoms with Crippen LogP contribution in [0.1, 0.15) is 29.6 Å². The molecule has 1 atom stereocenters. The van der Waals surface area contributed by atoms with Crippen LogP contribution in [-0.4, -0.2) is 56.2 Å². The first-order chi connectivity index (χ1) is 15.0. The highest BCUT2D eigenvalue weighted by molar-refractivity contribution is 8.15. The van der Waals surface area contributed by atoms with Crippen LogP contribution >= 0.6 is 11.8 Å². The first-order valence-electron chi connectivity index (χ1n) is 9.89. The molecular formula is C21H21N5O4S. The molecule has 10 heteroatoms. The normalized spacial score (nSPS) is 18.1. The number of hydrogen-bond acceptors (Lipinski definition) is 7. The number of pyridine rings is 1. The van der Waals surface area contributed by atoms with Gasteiger partial charge in [-0.3, -0.25) is 14.4 Å². The van der Waals surface area contributed by atoms with Gasteiger partial charge < -0.3 is 20.6 Å². The van der Waals surface area contributed by atoms with Gasteiger partial charge in [0.25, 0.3) is 11.8 Å². The van der Waals surface area contributed by atoms with Gasteiger partial charge in [0.2, 0.25) is 5.91 Å². The lowest BCUT2D eigenvalue weighted by atomic mass is 10.2. The van der Waals surface area contributed by atoms with Crippen LogP contribution in [0, 0.1) is 0 Å². The molecule has 2 aliphatic rings. The van der Waals surface area contributed by atoms with Crippen molar-refractivity contribution in [3.63, 3.8) is 0 Å². The topological polar surface area (TPSA) is 124 Å². The molecule has 1 aromatic carbocycles. The average molecular weight is 439 g/mol. The van der Waals surface area contributed by atoms with Gasteiger partial charge in [-0.05, 0) is 49.2 Å². The molecule has 1 aromatic heterocycles. The molecular weight excluding hydrogens is 418 g/mol. The van der Waals surface area contributed by atoms with E-state index in [1.54, 1.807) is 30.3 Å². The second-order valence-electron chi connectivity index (χ2n) is 7.19. The third-order valence-electron chi connectivity index (χ3n) is 4.93. The van der Waals surface area contributed by atoms with Gasteiger partial charge in [-0.2, -0.15) is 4.99 Å². The highest BCUT2D eigenvalue weighted by Gasteiger charge is 2.33. The van der Waals surface area contributed by atoms with E-state index >= 15 is 0 Å². The molecule has 4 rings (SSSR count). The van der Waals surface area contributed by atoms with Gasteiger partial charge in [-0.1, -0.05) is 11.8 Å². The van der Waals surface area contributed by atoms with Gasteiger partial charge in [-0.15, -0.1) is 0 Å². The number of amides is 3. The zero-order valence-electron chi connectivity index (χ0n) is 16.6. The third-order valence-corrected chi connectivity index (χ3v) is 6.14. The molecule has 160 valence electrons. The second kappa shape index (κ2) is 9.17. The van der Waals surface area contributed by atoms with E-state index in [1.165, 1.54) is 24.0 Å². The van der Waals surface area contributed by atoms with Crippen LogP contribution in [0.3, 0.4) is 0 Å². The zero-order chi connectivity index (χ0) is 21.8. The Hall–Kier alpha value is -3.40. The van der Waals surface area contributed by atoms with Crippen molar-refractivity contribution in [2.24, 2.45) is 4.99 Å². The van der Waals surface area contributed by atoms with Crippen LogP contribution in [-0.2, 0) is 9.59 Å². The Balaban J connectivity index is 1.30. The molecule has 3 N–H and O–H groups in total. The Morgan fingerprint density at radius 1 is 1.13 bits per heavy atom. The first-order valence-corrected chi connectivity index (χ1v) is 10.8. The molecule has 0 bridgehead atoms.